The summed E-state index contributed by atoms with van der Waals surface area (Å²) in [5.74, 6) is -0.948. The Hall–Kier alpha value is -1.65. The lowest BCUT2D eigenvalue weighted by Crippen LogP contribution is -2.46. The maximum Gasteiger partial charge on any atom is 0.315 e. The molecule has 0 saturated heterocycles. The van der Waals surface area contributed by atoms with Crippen molar-refractivity contribution in [3.05, 3.63) is 41.5 Å². The first kappa shape index (κ1) is 13.8. The maximum absolute atomic E-state index is 11.6. The minimum Gasteiger partial charge on any atom is -0.481 e. The van der Waals surface area contributed by atoms with Crippen LogP contribution >= 0.6 is 0 Å². The van der Waals surface area contributed by atoms with E-state index in [2.05, 4.69) is 0 Å². The van der Waals surface area contributed by atoms with E-state index >= 15 is 0 Å². The molecule has 19 heavy (non-hydrogen) atoms. The van der Waals surface area contributed by atoms with Crippen LogP contribution in [0.2, 0.25) is 0 Å². The van der Waals surface area contributed by atoms with Crippen LogP contribution in [-0.2, 0) is 4.79 Å². The molecule has 1 aliphatic carbocycles. The van der Waals surface area contributed by atoms with E-state index in [4.69, 9.17) is 5.73 Å². The summed E-state index contributed by atoms with van der Waals surface area (Å²) in [6.45, 7) is 0.0120. The number of carboxylic acid groups (broad SMARTS) is 1. The third-order valence-corrected chi connectivity index (χ3v) is 3.87. The third-order valence-electron chi connectivity index (χ3n) is 3.87. The van der Waals surface area contributed by atoms with Gasteiger partial charge in [0.15, 0.2) is 0 Å². The number of hydrogen-bond donors (Lipinski definition) is 3. The first-order valence-electron chi connectivity index (χ1n) is 6.49. The second-order valence-electron chi connectivity index (χ2n) is 5.01. The van der Waals surface area contributed by atoms with Crippen LogP contribution in [0.4, 0.5) is 0 Å². The molecule has 0 aliphatic heterocycles. The van der Waals surface area contributed by atoms with Gasteiger partial charge in [0.1, 0.15) is 5.41 Å². The topological polar surface area (TPSA) is 83.6 Å². The number of nitrogens with two attached hydrogens (primary N) is 1. The number of benzene rings is 1. The van der Waals surface area contributed by atoms with Crippen LogP contribution in [0.5, 0.6) is 0 Å². The van der Waals surface area contributed by atoms with Gasteiger partial charge in [-0.1, -0.05) is 36.4 Å². The van der Waals surface area contributed by atoms with Crippen molar-refractivity contribution in [2.24, 2.45) is 11.1 Å². The third kappa shape index (κ3) is 2.55. The van der Waals surface area contributed by atoms with Crippen molar-refractivity contribution >= 4 is 12.0 Å². The fraction of sp³-hybridized carbons (Fsp3) is 0.400. The van der Waals surface area contributed by atoms with Crippen LogP contribution in [0.15, 0.2) is 35.9 Å². The molecule has 4 heteroatoms. The second kappa shape index (κ2) is 5.55. The van der Waals surface area contributed by atoms with E-state index in [1.165, 1.54) is 0 Å². The summed E-state index contributed by atoms with van der Waals surface area (Å²) in [5.41, 5.74) is 6.00. The number of carboxylic acids is 1. The summed E-state index contributed by atoms with van der Waals surface area (Å²) in [5, 5.41) is 19.7. The van der Waals surface area contributed by atoms with Gasteiger partial charge in [-0.05, 0) is 30.4 Å². The standard InChI is InChI=1S/C15H19NO3/c16-10-15(14(18)19)8-4-7-13(17)12(15)9-11-5-2-1-3-6-11/h1-3,5-6,9,13,17H,4,7-8,10,16H2,(H,18,19). The minimum absolute atomic E-state index is 0.0120. The molecule has 1 aromatic rings. The molecule has 0 heterocycles. The molecule has 4 nitrogen and oxygen atoms in total. The zero-order valence-corrected chi connectivity index (χ0v) is 10.7. The quantitative estimate of drug-likeness (QED) is 0.772. The summed E-state index contributed by atoms with van der Waals surface area (Å²) >= 11 is 0. The molecule has 1 aromatic carbocycles. The summed E-state index contributed by atoms with van der Waals surface area (Å²) in [6.07, 6.45) is 2.79. The average Bonchev–Trinajstić information content (AvgIpc) is 2.42. The Morgan fingerprint density at radius 1 is 1.42 bits per heavy atom. The van der Waals surface area contributed by atoms with Crippen molar-refractivity contribution in [2.75, 3.05) is 6.54 Å². The van der Waals surface area contributed by atoms with Crippen molar-refractivity contribution in [3.8, 4) is 0 Å². The summed E-state index contributed by atoms with van der Waals surface area (Å²) < 4.78 is 0. The van der Waals surface area contributed by atoms with E-state index in [0.29, 0.717) is 24.8 Å². The highest BCUT2D eigenvalue weighted by atomic mass is 16.4. The molecular weight excluding hydrogens is 242 g/mol. The molecule has 0 aromatic heterocycles. The van der Waals surface area contributed by atoms with E-state index in [-0.39, 0.29) is 6.54 Å². The van der Waals surface area contributed by atoms with Crippen molar-refractivity contribution < 1.29 is 15.0 Å². The highest BCUT2D eigenvalue weighted by molar-refractivity contribution is 5.82. The van der Waals surface area contributed by atoms with E-state index in [1.807, 2.05) is 30.3 Å². The smallest absolute Gasteiger partial charge is 0.315 e. The monoisotopic (exact) mass is 261 g/mol. The molecule has 1 saturated carbocycles. The number of aliphatic hydroxyl groups is 1. The molecule has 2 atom stereocenters. The first-order valence-corrected chi connectivity index (χ1v) is 6.49. The van der Waals surface area contributed by atoms with Crippen LogP contribution < -0.4 is 5.73 Å². The highest BCUT2D eigenvalue weighted by Gasteiger charge is 2.45. The molecule has 4 N–H and O–H groups in total. The minimum atomic E-state index is -1.13. The van der Waals surface area contributed by atoms with E-state index < -0.39 is 17.5 Å². The lowest BCUT2D eigenvalue weighted by Gasteiger charge is -2.38. The fourth-order valence-electron chi connectivity index (χ4n) is 2.72. The van der Waals surface area contributed by atoms with Crippen molar-refractivity contribution in [3.63, 3.8) is 0 Å². The van der Waals surface area contributed by atoms with Gasteiger partial charge >= 0.3 is 5.97 Å². The molecule has 0 spiro atoms. The van der Waals surface area contributed by atoms with Gasteiger partial charge in [0.2, 0.25) is 0 Å². The summed E-state index contributed by atoms with van der Waals surface area (Å²) in [4.78, 5) is 11.6. The number of aliphatic carboxylic acids is 1. The van der Waals surface area contributed by atoms with Crippen molar-refractivity contribution in [2.45, 2.75) is 25.4 Å². The van der Waals surface area contributed by atoms with Gasteiger partial charge in [-0.25, -0.2) is 0 Å². The predicted molar refractivity (Wildman–Crippen MR) is 73.4 cm³/mol. The molecule has 0 bridgehead atoms. The van der Waals surface area contributed by atoms with Crippen molar-refractivity contribution in [1.29, 1.82) is 0 Å². The zero-order chi connectivity index (χ0) is 13.9. The van der Waals surface area contributed by atoms with E-state index in [9.17, 15) is 15.0 Å². The zero-order valence-electron chi connectivity index (χ0n) is 10.7. The Balaban J connectivity index is 2.47. The maximum atomic E-state index is 11.6. The fourth-order valence-corrected chi connectivity index (χ4v) is 2.72. The normalized spacial score (nSPS) is 29.4. The molecule has 2 unspecified atom stereocenters. The van der Waals surface area contributed by atoms with Crippen LogP contribution in [0.1, 0.15) is 24.8 Å². The Labute approximate surface area is 112 Å². The van der Waals surface area contributed by atoms with E-state index in [0.717, 1.165) is 5.56 Å². The van der Waals surface area contributed by atoms with Crippen LogP contribution in [0, 0.1) is 5.41 Å². The number of rotatable bonds is 3. The number of carbonyl (C=O) groups is 1. The van der Waals surface area contributed by atoms with Gasteiger partial charge in [0.05, 0.1) is 6.10 Å². The number of aliphatic hydroxyl groups excluding tert-OH is 1. The Morgan fingerprint density at radius 2 is 2.11 bits per heavy atom. The van der Waals surface area contributed by atoms with Crippen LogP contribution in [0.3, 0.4) is 0 Å². The van der Waals surface area contributed by atoms with Crippen molar-refractivity contribution in [1.82, 2.24) is 0 Å². The SMILES string of the molecule is NCC1(C(=O)O)CCCC(O)C1=Cc1ccccc1. The summed E-state index contributed by atoms with van der Waals surface area (Å²) in [6, 6.07) is 9.43. The number of hydrogen-bond acceptors (Lipinski definition) is 3. The molecule has 1 fully saturated rings. The van der Waals surface area contributed by atoms with Gasteiger partial charge in [-0.15, -0.1) is 0 Å². The molecule has 1 aliphatic rings. The lowest BCUT2D eigenvalue weighted by molar-refractivity contribution is -0.148. The first-order chi connectivity index (χ1) is 9.10. The largest absolute Gasteiger partial charge is 0.481 e. The van der Waals surface area contributed by atoms with Gasteiger partial charge in [-0.3, -0.25) is 4.79 Å². The Kier molecular flexibility index (Phi) is 4.02. The molecular formula is C15H19NO3. The molecule has 2 rings (SSSR count). The second-order valence-corrected chi connectivity index (χ2v) is 5.01. The predicted octanol–water partition coefficient (Wildman–Crippen LogP) is 1.64. The Morgan fingerprint density at radius 3 is 2.68 bits per heavy atom. The van der Waals surface area contributed by atoms with Gasteiger partial charge in [0.25, 0.3) is 0 Å². The molecule has 0 amide bonds. The molecule has 102 valence electrons. The lowest BCUT2D eigenvalue weighted by atomic mass is 9.68. The molecule has 0 radical (unpaired) electrons. The average molecular weight is 261 g/mol. The van der Waals surface area contributed by atoms with Gasteiger partial charge in [0, 0.05) is 6.54 Å². The van der Waals surface area contributed by atoms with Crippen LogP contribution in [-0.4, -0.2) is 28.8 Å². The summed E-state index contributed by atoms with van der Waals surface area (Å²) in [7, 11) is 0. The highest BCUT2D eigenvalue weighted by Crippen LogP contribution is 2.41. The Bertz CT molecular complexity index is 483. The van der Waals surface area contributed by atoms with Gasteiger partial charge < -0.3 is 15.9 Å². The van der Waals surface area contributed by atoms with Gasteiger partial charge in [-0.2, -0.15) is 0 Å². The van der Waals surface area contributed by atoms with E-state index in [1.54, 1.807) is 6.08 Å². The van der Waals surface area contributed by atoms with Crippen LogP contribution in [0.25, 0.3) is 6.08 Å².